The predicted molar refractivity (Wildman–Crippen MR) is 95.3 cm³/mol. The molecule has 1 aromatic heterocycles. The van der Waals surface area contributed by atoms with Crippen molar-refractivity contribution in [1.29, 1.82) is 0 Å². The number of carbonyl (C=O) groups excluding carboxylic acids is 1. The van der Waals surface area contributed by atoms with E-state index in [0.717, 1.165) is 16.5 Å². The molecule has 2 N–H and O–H groups in total. The van der Waals surface area contributed by atoms with Gasteiger partial charge in [-0.05, 0) is 42.0 Å². The molecule has 136 valence electrons. The van der Waals surface area contributed by atoms with E-state index in [4.69, 9.17) is 19.0 Å². The highest BCUT2D eigenvalue weighted by atomic mass is 16.5. The molecule has 0 radical (unpaired) electrons. The standard InChI is InChI=1S/C19H20N2O5/c1-12(9-22)20-19(23)17-10-26-18(21-17)11-25-16-6-4-13-3-5-15(24-2)7-14(13)8-16/h3-8,10,12,22H,9,11H2,1-2H3,(H,20,23)/t12-/m0/s1. The number of aliphatic hydroxyl groups is 1. The summed E-state index contributed by atoms with van der Waals surface area (Å²) in [6.45, 7) is 1.64. The van der Waals surface area contributed by atoms with Gasteiger partial charge in [-0.2, -0.15) is 0 Å². The first-order valence-corrected chi connectivity index (χ1v) is 8.16. The second kappa shape index (κ2) is 7.88. The van der Waals surface area contributed by atoms with Crippen LogP contribution in [0.1, 0.15) is 23.3 Å². The molecule has 1 amide bonds. The summed E-state index contributed by atoms with van der Waals surface area (Å²) >= 11 is 0. The number of carbonyl (C=O) groups is 1. The maximum atomic E-state index is 11.9. The van der Waals surface area contributed by atoms with Crippen molar-refractivity contribution >= 4 is 16.7 Å². The lowest BCUT2D eigenvalue weighted by atomic mass is 10.1. The molecule has 0 aliphatic carbocycles. The maximum absolute atomic E-state index is 11.9. The van der Waals surface area contributed by atoms with Crippen LogP contribution in [0.4, 0.5) is 0 Å². The van der Waals surface area contributed by atoms with E-state index in [2.05, 4.69) is 10.3 Å². The molecule has 2 aromatic carbocycles. The van der Waals surface area contributed by atoms with Crippen molar-refractivity contribution in [2.45, 2.75) is 19.6 Å². The van der Waals surface area contributed by atoms with E-state index in [0.29, 0.717) is 5.75 Å². The van der Waals surface area contributed by atoms with Crippen LogP contribution < -0.4 is 14.8 Å². The van der Waals surface area contributed by atoms with Crippen LogP contribution in [-0.4, -0.2) is 35.8 Å². The molecule has 0 spiro atoms. The predicted octanol–water partition coefficient (Wildman–Crippen LogP) is 2.53. The highest BCUT2D eigenvalue weighted by molar-refractivity contribution is 5.92. The molecule has 0 fully saturated rings. The van der Waals surface area contributed by atoms with Crippen LogP contribution in [0.25, 0.3) is 10.8 Å². The Labute approximate surface area is 150 Å². The lowest BCUT2D eigenvalue weighted by Gasteiger charge is -2.08. The number of nitrogens with one attached hydrogen (secondary N) is 1. The number of hydrogen-bond donors (Lipinski definition) is 2. The average Bonchev–Trinajstić information content (AvgIpc) is 3.14. The van der Waals surface area contributed by atoms with Gasteiger partial charge in [-0.25, -0.2) is 4.98 Å². The molecule has 0 unspecified atom stereocenters. The van der Waals surface area contributed by atoms with Crippen molar-refractivity contribution in [2.75, 3.05) is 13.7 Å². The van der Waals surface area contributed by atoms with E-state index in [1.165, 1.54) is 6.26 Å². The van der Waals surface area contributed by atoms with E-state index < -0.39 is 5.91 Å². The number of oxazole rings is 1. The van der Waals surface area contributed by atoms with Gasteiger partial charge in [0.05, 0.1) is 13.7 Å². The molecular weight excluding hydrogens is 336 g/mol. The van der Waals surface area contributed by atoms with Crippen LogP contribution in [0.5, 0.6) is 11.5 Å². The molecule has 0 bridgehead atoms. The molecule has 26 heavy (non-hydrogen) atoms. The summed E-state index contributed by atoms with van der Waals surface area (Å²) in [4.78, 5) is 16.0. The van der Waals surface area contributed by atoms with Gasteiger partial charge < -0.3 is 24.3 Å². The second-order valence-corrected chi connectivity index (χ2v) is 5.85. The third-order valence-corrected chi connectivity index (χ3v) is 3.82. The Kier molecular flexibility index (Phi) is 5.38. The van der Waals surface area contributed by atoms with Gasteiger partial charge in [-0.1, -0.05) is 12.1 Å². The Morgan fingerprint density at radius 3 is 2.69 bits per heavy atom. The minimum atomic E-state index is -0.403. The number of fused-ring (bicyclic) bond motifs is 1. The van der Waals surface area contributed by atoms with E-state index in [9.17, 15) is 4.79 Å². The molecule has 3 aromatic rings. The average molecular weight is 356 g/mol. The van der Waals surface area contributed by atoms with Gasteiger partial charge in [-0.3, -0.25) is 4.79 Å². The Balaban J connectivity index is 1.65. The first-order chi connectivity index (χ1) is 12.6. The first kappa shape index (κ1) is 17.8. The fourth-order valence-corrected chi connectivity index (χ4v) is 2.39. The van der Waals surface area contributed by atoms with Gasteiger partial charge in [0.1, 0.15) is 17.8 Å². The third-order valence-electron chi connectivity index (χ3n) is 3.82. The van der Waals surface area contributed by atoms with Crippen LogP contribution in [0.2, 0.25) is 0 Å². The number of benzene rings is 2. The summed E-state index contributed by atoms with van der Waals surface area (Å²) in [5, 5.41) is 13.6. The molecule has 7 nitrogen and oxygen atoms in total. The van der Waals surface area contributed by atoms with Crippen LogP contribution >= 0.6 is 0 Å². The molecule has 0 aliphatic heterocycles. The lowest BCUT2D eigenvalue weighted by Crippen LogP contribution is -2.35. The molecule has 0 saturated carbocycles. The minimum absolute atomic E-state index is 0.0955. The zero-order chi connectivity index (χ0) is 18.5. The SMILES string of the molecule is COc1ccc2ccc(OCc3nc(C(=O)N[C@@H](C)CO)co3)cc2c1. The summed E-state index contributed by atoms with van der Waals surface area (Å²) in [6, 6.07) is 11.2. The van der Waals surface area contributed by atoms with Gasteiger partial charge in [0.2, 0.25) is 5.89 Å². The van der Waals surface area contributed by atoms with Crippen LogP contribution in [0.3, 0.4) is 0 Å². The Hall–Kier alpha value is -3.06. The minimum Gasteiger partial charge on any atom is -0.497 e. The molecular formula is C19H20N2O5. The monoisotopic (exact) mass is 356 g/mol. The molecule has 0 saturated heterocycles. The molecule has 3 rings (SSSR count). The largest absolute Gasteiger partial charge is 0.497 e. The number of aromatic nitrogens is 1. The van der Waals surface area contributed by atoms with Crippen LogP contribution in [0, 0.1) is 0 Å². The Bertz CT molecular complexity index is 906. The highest BCUT2D eigenvalue weighted by Crippen LogP contribution is 2.25. The lowest BCUT2D eigenvalue weighted by molar-refractivity contribution is 0.0917. The summed E-state index contributed by atoms with van der Waals surface area (Å²) in [5.41, 5.74) is 0.146. The van der Waals surface area contributed by atoms with Crippen molar-refractivity contribution in [3.05, 3.63) is 54.2 Å². The zero-order valence-corrected chi connectivity index (χ0v) is 14.6. The first-order valence-electron chi connectivity index (χ1n) is 8.16. The van der Waals surface area contributed by atoms with E-state index in [1.807, 2.05) is 36.4 Å². The number of rotatable bonds is 7. The Morgan fingerprint density at radius 1 is 1.23 bits per heavy atom. The summed E-state index contributed by atoms with van der Waals surface area (Å²) < 4.78 is 16.2. The van der Waals surface area contributed by atoms with Crippen molar-refractivity contribution in [3.8, 4) is 11.5 Å². The number of aliphatic hydroxyl groups excluding tert-OH is 1. The third kappa shape index (κ3) is 4.12. The van der Waals surface area contributed by atoms with Gasteiger partial charge >= 0.3 is 0 Å². The van der Waals surface area contributed by atoms with Gasteiger partial charge in [-0.15, -0.1) is 0 Å². The summed E-state index contributed by atoms with van der Waals surface area (Å²) in [6.07, 6.45) is 1.27. The van der Waals surface area contributed by atoms with Gasteiger partial charge in [0.25, 0.3) is 5.91 Å². The Morgan fingerprint density at radius 2 is 1.96 bits per heavy atom. The summed E-state index contributed by atoms with van der Waals surface area (Å²) in [5.74, 6) is 1.32. The maximum Gasteiger partial charge on any atom is 0.273 e. The fraction of sp³-hybridized carbons (Fsp3) is 0.263. The van der Waals surface area contributed by atoms with Crippen molar-refractivity contribution in [2.24, 2.45) is 0 Å². The van der Waals surface area contributed by atoms with Crippen molar-refractivity contribution in [1.82, 2.24) is 10.3 Å². The van der Waals surface area contributed by atoms with Gasteiger partial charge in [0.15, 0.2) is 12.3 Å². The van der Waals surface area contributed by atoms with Gasteiger partial charge in [0, 0.05) is 6.04 Å². The number of ether oxygens (including phenoxy) is 2. The molecule has 7 heteroatoms. The van der Waals surface area contributed by atoms with Crippen molar-refractivity contribution < 1.29 is 23.8 Å². The molecule has 0 aliphatic rings. The second-order valence-electron chi connectivity index (χ2n) is 5.85. The normalized spacial score (nSPS) is 12.0. The zero-order valence-electron chi connectivity index (χ0n) is 14.6. The number of nitrogens with zero attached hydrogens (tertiary/aromatic N) is 1. The highest BCUT2D eigenvalue weighted by Gasteiger charge is 2.14. The van der Waals surface area contributed by atoms with Crippen molar-refractivity contribution in [3.63, 3.8) is 0 Å². The quantitative estimate of drug-likeness (QED) is 0.676. The van der Waals surface area contributed by atoms with Crippen LogP contribution in [0.15, 0.2) is 47.1 Å². The van der Waals surface area contributed by atoms with E-state index in [1.54, 1.807) is 14.0 Å². The summed E-state index contributed by atoms with van der Waals surface area (Å²) in [7, 11) is 1.62. The van der Waals surface area contributed by atoms with E-state index in [-0.39, 0.29) is 30.8 Å². The van der Waals surface area contributed by atoms with E-state index >= 15 is 0 Å². The molecule has 1 heterocycles. The van der Waals surface area contributed by atoms with Crippen LogP contribution in [-0.2, 0) is 6.61 Å². The molecule has 1 atom stereocenters. The topological polar surface area (TPSA) is 93.8 Å². The smallest absolute Gasteiger partial charge is 0.273 e. The number of hydrogen-bond acceptors (Lipinski definition) is 6. The fourth-order valence-electron chi connectivity index (χ4n) is 2.39. The number of methoxy groups -OCH3 is 1. The number of amides is 1.